The highest BCUT2D eigenvalue weighted by Gasteiger charge is 2.35. The normalized spacial score (nSPS) is 30.6. The molecular formula is C23H31F3O3. The molecule has 1 saturated heterocycles. The molecule has 0 unspecified atom stereocenters. The van der Waals surface area contributed by atoms with Crippen molar-refractivity contribution in [1.82, 2.24) is 0 Å². The van der Waals surface area contributed by atoms with E-state index in [-0.39, 0.29) is 24.9 Å². The largest absolute Gasteiger partial charge is 0.491 e. The van der Waals surface area contributed by atoms with Crippen LogP contribution < -0.4 is 4.74 Å². The zero-order chi connectivity index (χ0) is 20.9. The van der Waals surface area contributed by atoms with Crippen molar-refractivity contribution in [2.75, 3.05) is 19.8 Å². The fraction of sp³-hybridized carbons (Fsp3) is 0.652. The van der Waals surface area contributed by atoms with Gasteiger partial charge in [-0.3, -0.25) is 0 Å². The van der Waals surface area contributed by atoms with Crippen LogP contribution in [0.15, 0.2) is 24.3 Å². The predicted molar refractivity (Wildman–Crippen MR) is 106 cm³/mol. The third-order valence-electron chi connectivity index (χ3n) is 5.84. The summed E-state index contributed by atoms with van der Waals surface area (Å²) >= 11 is 0. The minimum atomic E-state index is -1.38. The summed E-state index contributed by atoms with van der Waals surface area (Å²) in [6, 6.07) is 3.16. The molecule has 1 saturated carbocycles. The Labute approximate surface area is 171 Å². The Hall–Kier alpha value is -1.53. The molecule has 1 aromatic rings. The molecule has 3 nitrogen and oxygen atoms in total. The second-order valence-electron chi connectivity index (χ2n) is 8.10. The molecule has 0 atom stereocenters. The van der Waals surface area contributed by atoms with E-state index < -0.39 is 23.6 Å². The summed E-state index contributed by atoms with van der Waals surface area (Å²) in [6.07, 6.45) is 7.93. The number of rotatable bonds is 7. The van der Waals surface area contributed by atoms with E-state index in [1.54, 1.807) is 13.0 Å². The highest BCUT2D eigenvalue weighted by Crippen LogP contribution is 2.39. The quantitative estimate of drug-likeness (QED) is 0.509. The molecule has 162 valence electrons. The molecule has 3 rings (SSSR count). The summed E-state index contributed by atoms with van der Waals surface area (Å²) in [4.78, 5) is 0. The molecule has 1 aliphatic carbocycles. The van der Waals surface area contributed by atoms with Crippen molar-refractivity contribution >= 4 is 0 Å². The van der Waals surface area contributed by atoms with Gasteiger partial charge in [-0.2, -0.15) is 4.39 Å². The number of ether oxygens (including phenoxy) is 3. The summed E-state index contributed by atoms with van der Waals surface area (Å²) in [5, 5.41) is 0. The average molecular weight is 412 g/mol. The number of allylic oxidation sites excluding steroid dienone is 1. The SMILES string of the molecule is CCCC1(F)COC(C=CC2CCC(c3ccc(OCC)c(F)c3F)CC2)OC1. The van der Waals surface area contributed by atoms with Crippen LogP contribution in [0.5, 0.6) is 5.75 Å². The van der Waals surface area contributed by atoms with Crippen LogP contribution in [-0.4, -0.2) is 31.8 Å². The summed E-state index contributed by atoms with van der Waals surface area (Å²) in [5.41, 5.74) is -0.948. The van der Waals surface area contributed by atoms with Gasteiger partial charge in [-0.25, -0.2) is 8.78 Å². The molecule has 0 spiro atoms. The van der Waals surface area contributed by atoms with Crippen molar-refractivity contribution in [3.8, 4) is 5.75 Å². The van der Waals surface area contributed by atoms with E-state index in [2.05, 4.69) is 6.08 Å². The Bertz CT molecular complexity index is 691. The van der Waals surface area contributed by atoms with E-state index in [1.807, 2.05) is 13.0 Å². The molecule has 2 fully saturated rings. The van der Waals surface area contributed by atoms with Gasteiger partial charge in [0.15, 0.2) is 23.5 Å². The standard InChI is InChI=1S/C23H31F3O3/c1-3-13-23(26)14-28-20(29-15-23)12-7-16-5-8-17(9-6-16)18-10-11-19(27-4-2)22(25)21(18)24/h7,10-12,16-17,20H,3-6,8-9,13-15H2,1-2H3. The number of alkyl halides is 1. The van der Waals surface area contributed by atoms with Crippen LogP contribution in [0.3, 0.4) is 0 Å². The third-order valence-corrected chi connectivity index (χ3v) is 5.84. The molecule has 29 heavy (non-hydrogen) atoms. The van der Waals surface area contributed by atoms with Crippen molar-refractivity contribution in [1.29, 1.82) is 0 Å². The number of hydrogen-bond donors (Lipinski definition) is 0. The second kappa shape index (κ2) is 9.98. The van der Waals surface area contributed by atoms with Gasteiger partial charge >= 0.3 is 0 Å². The van der Waals surface area contributed by atoms with Crippen LogP contribution >= 0.6 is 0 Å². The van der Waals surface area contributed by atoms with Crippen molar-refractivity contribution in [3.63, 3.8) is 0 Å². The molecule has 0 radical (unpaired) electrons. The van der Waals surface area contributed by atoms with E-state index in [4.69, 9.17) is 14.2 Å². The van der Waals surface area contributed by atoms with Crippen LogP contribution in [0.25, 0.3) is 0 Å². The van der Waals surface area contributed by atoms with Gasteiger partial charge in [0.2, 0.25) is 5.82 Å². The van der Waals surface area contributed by atoms with Gasteiger partial charge < -0.3 is 14.2 Å². The van der Waals surface area contributed by atoms with E-state index in [9.17, 15) is 13.2 Å². The van der Waals surface area contributed by atoms with Crippen molar-refractivity contribution in [2.24, 2.45) is 5.92 Å². The minimum absolute atomic E-state index is 0.00760. The fourth-order valence-electron chi connectivity index (χ4n) is 4.26. The maximum atomic E-state index is 14.4. The third kappa shape index (κ3) is 5.54. The lowest BCUT2D eigenvalue weighted by Crippen LogP contribution is -2.43. The Kier molecular flexibility index (Phi) is 7.63. The highest BCUT2D eigenvalue weighted by molar-refractivity contribution is 5.33. The lowest BCUT2D eigenvalue weighted by molar-refractivity contribution is -0.213. The van der Waals surface area contributed by atoms with Gasteiger partial charge in [0.05, 0.1) is 19.8 Å². The number of halogens is 3. The van der Waals surface area contributed by atoms with E-state index in [0.29, 0.717) is 24.5 Å². The first-order valence-electron chi connectivity index (χ1n) is 10.7. The van der Waals surface area contributed by atoms with Crippen molar-refractivity contribution in [2.45, 2.75) is 70.2 Å². The van der Waals surface area contributed by atoms with Crippen LogP contribution in [-0.2, 0) is 9.47 Å². The molecule has 0 aromatic heterocycles. The lowest BCUT2D eigenvalue weighted by atomic mass is 9.78. The lowest BCUT2D eigenvalue weighted by Gasteiger charge is -2.33. The number of benzene rings is 1. The van der Waals surface area contributed by atoms with Gasteiger partial charge in [-0.05, 0) is 68.6 Å². The molecule has 1 aromatic carbocycles. The minimum Gasteiger partial charge on any atom is -0.491 e. The first-order chi connectivity index (χ1) is 14.0. The Balaban J connectivity index is 1.50. The van der Waals surface area contributed by atoms with Crippen LogP contribution in [0.1, 0.15) is 63.9 Å². The maximum Gasteiger partial charge on any atom is 0.200 e. The molecule has 0 N–H and O–H groups in total. The molecule has 2 aliphatic rings. The molecular weight excluding hydrogens is 381 g/mol. The Morgan fingerprint density at radius 2 is 1.72 bits per heavy atom. The van der Waals surface area contributed by atoms with Crippen LogP contribution in [0, 0.1) is 17.6 Å². The predicted octanol–water partition coefficient (Wildman–Crippen LogP) is 6.07. The Morgan fingerprint density at radius 1 is 1.03 bits per heavy atom. The molecule has 6 heteroatoms. The van der Waals surface area contributed by atoms with E-state index >= 15 is 0 Å². The van der Waals surface area contributed by atoms with Gasteiger partial charge in [0.25, 0.3) is 0 Å². The van der Waals surface area contributed by atoms with Crippen molar-refractivity contribution in [3.05, 3.63) is 41.5 Å². The summed E-state index contributed by atoms with van der Waals surface area (Å²) in [7, 11) is 0. The van der Waals surface area contributed by atoms with Crippen LogP contribution in [0.4, 0.5) is 13.2 Å². The van der Waals surface area contributed by atoms with Crippen molar-refractivity contribution < 1.29 is 27.4 Å². The molecule has 0 amide bonds. The summed E-state index contributed by atoms with van der Waals surface area (Å²) in [5.74, 6) is -1.38. The van der Waals surface area contributed by atoms with Gasteiger partial charge in [0.1, 0.15) is 0 Å². The molecule has 1 aliphatic heterocycles. The smallest absolute Gasteiger partial charge is 0.200 e. The van der Waals surface area contributed by atoms with Gasteiger partial charge in [-0.1, -0.05) is 25.5 Å². The number of hydrogen-bond acceptors (Lipinski definition) is 3. The van der Waals surface area contributed by atoms with Crippen LogP contribution in [0.2, 0.25) is 0 Å². The second-order valence-corrected chi connectivity index (χ2v) is 8.10. The zero-order valence-electron chi connectivity index (χ0n) is 17.3. The average Bonchev–Trinajstić information content (AvgIpc) is 2.72. The summed E-state index contributed by atoms with van der Waals surface area (Å²) in [6.45, 7) is 4.10. The first-order valence-corrected chi connectivity index (χ1v) is 10.7. The zero-order valence-corrected chi connectivity index (χ0v) is 17.3. The van der Waals surface area contributed by atoms with E-state index in [0.717, 1.165) is 32.1 Å². The molecule has 0 bridgehead atoms. The van der Waals surface area contributed by atoms with Gasteiger partial charge in [-0.15, -0.1) is 0 Å². The topological polar surface area (TPSA) is 27.7 Å². The van der Waals surface area contributed by atoms with E-state index in [1.165, 1.54) is 6.07 Å². The highest BCUT2D eigenvalue weighted by atomic mass is 19.2. The monoisotopic (exact) mass is 412 g/mol. The molecule has 1 heterocycles. The first kappa shape index (κ1) is 22.2. The van der Waals surface area contributed by atoms with Gasteiger partial charge in [0, 0.05) is 0 Å². The Morgan fingerprint density at radius 3 is 2.34 bits per heavy atom. The maximum absolute atomic E-state index is 14.4. The summed E-state index contributed by atoms with van der Waals surface area (Å²) < 4.78 is 59.0. The fourth-order valence-corrected chi connectivity index (χ4v) is 4.26.